The number of aromatic amines is 1. The van der Waals surface area contributed by atoms with Gasteiger partial charge in [0.2, 0.25) is 0 Å². The van der Waals surface area contributed by atoms with E-state index in [2.05, 4.69) is 9.97 Å². The van der Waals surface area contributed by atoms with Gasteiger partial charge in [-0.1, -0.05) is 30.3 Å². The zero-order valence-electron chi connectivity index (χ0n) is 14.2. The van der Waals surface area contributed by atoms with E-state index >= 15 is 0 Å². The SMILES string of the molecule is CN(C)C[C@@]1(O)CCCN(C(=O)c2[nH]cnc2-c2ccccc2)C1. The number of carbonyl (C=O) groups excluding carboxylic acids is 1. The summed E-state index contributed by atoms with van der Waals surface area (Å²) in [5, 5.41) is 10.8. The molecule has 0 saturated carbocycles. The molecule has 0 bridgehead atoms. The van der Waals surface area contributed by atoms with Gasteiger partial charge in [0.1, 0.15) is 11.4 Å². The maximum atomic E-state index is 13.0. The van der Waals surface area contributed by atoms with Gasteiger partial charge in [0.05, 0.1) is 18.5 Å². The third-order valence-corrected chi connectivity index (χ3v) is 4.35. The molecule has 0 spiro atoms. The van der Waals surface area contributed by atoms with Gasteiger partial charge >= 0.3 is 0 Å². The summed E-state index contributed by atoms with van der Waals surface area (Å²) in [6.07, 6.45) is 3.06. The van der Waals surface area contributed by atoms with Gasteiger partial charge in [-0.2, -0.15) is 0 Å². The van der Waals surface area contributed by atoms with Crippen molar-refractivity contribution in [2.45, 2.75) is 18.4 Å². The lowest BCUT2D eigenvalue weighted by atomic mass is 9.92. The fourth-order valence-electron chi connectivity index (χ4n) is 3.43. The van der Waals surface area contributed by atoms with Gasteiger partial charge in [-0.3, -0.25) is 4.79 Å². The van der Waals surface area contributed by atoms with E-state index < -0.39 is 5.60 Å². The van der Waals surface area contributed by atoms with Crippen LogP contribution in [0.15, 0.2) is 36.7 Å². The van der Waals surface area contributed by atoms with Crippen LogP contribution in [-0.4, -0.2) is 70.1 Å². The normalized spacial score (nSPS) is 21.2. The highest BCUT2D eigenvalue weighted by atomic mass is 16.3. The third kappa shape index (κ3) is 3.49. The topological polar surface area (TPSA) is 72.5 Å². The first kappa shape index (κ1) is 16.7. The number of imidazole rings is 1. The number of aromatic nitrogens is 2. The fourth-order valence-corrected chi connectivity index (χ4v) is 3.43. The van der Waals surface area contributed by atoms with Crippen LogP contribution >= 0.6 is 0 Å². The van der Waals surface area contributed by atoms with Crippen LogP contribution in [0.25, 0.3) is 11.3 Å². The minimum absolute atomic E-state index is 0.108. The molecular formula is C18H24N4O2. The van der Waals surface area contributed by atoms with Crippen molar-refractivity contribution in [1.29, 1.82) is 0 Å². The fraction of sp³-hybridized carbons (Fsp3) is 0.444. The van der Waals surface area contributed by atoms with Crippen LogP contribution in [0.3, 0.4) is 0 Å². The van der Waals surface area contributed by atoms with E-state index in [1.165, 1.54) is 0 Å². The molecule has 0 unspecified atom stereocenters. The lowest BCUT2D eigenvalue weighted by molar-refractivity contribution is -0.0392. The number of likely N-dealkylation sites (N-methyl/N-ethyl adjacent to an activating group) is 1. The molecule has 2 N–H and O–H groups in total. The minimum Gasteiger partial charge on any atom is -0.387 e. The van der Waals surface area contributed by atoms with Gasteiger partial charge in [-0.05, 0) is 26.9 Å². The van der Waals surface area contributed by atoms with Crippen LogP contribution in [0.2, 0.25) is 0 Å². The quantitative estimate of drug-likeness (QED) is 0.894. The van der Waals surface area contributed by atoms with Crippen LogP contribution in [0.1, 0.15) is 23.3 Å². The molecule has 6 nitrogen and oxygen atoms in total. The molecule has 0 radical (unpaired) electrons. The van der Waals surface area contributed by atoms with Gasteiger partial charge in [0, 0.05) is 18.7 Å². The monoisotopic (exact) mass is 328 g/mol. The maximum Gasteiger partial charge on any atom is 0.272 e. The Morgan fingerprint density at radius 3 is 2.83 bits per heavy atom. The van der Waals surface area contributed by atoms with Crippen molar-refractivity contribution < 1.29 is 9.90 Å². The number of benzene rings is 1. The molecule has 1 fully saturated rings. The molecule has 1 aromatic heterocycles. The van der Waals surface area contributed by atoms with Crippen LogP contribution in [-0.2, 0) is 0 Å². The molecular weight excluding hydrogens is 304 g/mol. The Balaban J connectivity index is 1.81. The minimum atomic E-state index is -0.857. The maximum absolute atomic E-state index is 13.0. The number of rotatable bonds is 4. The number of carbonyl (C=O) groups is 1. The van der Waals surface area contributed by atoms with Crippen LogP contribution in [0.4, 0.5) is 0 Å². The summed E-state index contributed by atoms with van der Waals surface area (Å²) >= 11 is 0. The number of nitrogens with zero attached hydrogens (tertiary/aromatic N) is 3. The van der Waals surface area contributed by atoms with Gasteiger partial charge in [0.15, 0.2) is 0 Å². The molecule has 1 amide bonds. The Morgan fingerprint density at radius 2 is 2.12 bits per heavy atom. The number of aliphatic hydroxyl groups is 1. The van der Waals surface area contributed by atoms with E-state index in [0.29, 0.717) is 37.4 Å². The highest BCUT2D eigenvalue weighted by Crippen LogP contribution is 2.26. The van der Waals surface area contributed by atoms with E-state index in [9.17, 15) is 9.90 Å². The number of β-amino-alcohol motifs (C(OH)–C–C–N with tert-alkyl or cyclic N) is 1. The number of hydrogen-bond donors (Lipinski definition) is 2. The van der Waals surface area contributed by atoms with Crippen molar-refractivity contribution in [2.75, 3.05) is 33.7 Å². The van der Waals surface area contributed by atoms with Crippen molar-refractivity contribution in [3.05, 3.63) is 42.4 Å². The van der Waals surface area contributed by atoms with Crippen molar-refractivity contribution in [2.24, 2.45) is 0 Å². The standard InChI is InChI=1S/C18H24N4O2/c1-21(2)11-18(24)9-6-10-22(12-18)17(23)16-15(19-13-20-16)14-7-4-3-5-8-14/h3-5,7-8,13,24H,6,9-12H2,1-2H3,(H,19,20)/t18-/m0/s1. The largest absolute Gasteiger partial charge is 0.387 e. The lowest BCUT2D eigenvalue weighted by Gasteiger charge is -2.40. The first-order valence-corrected chi connectivity index (χ1v) is 8.24. The number of nitrogens with one attached hydrogen (secondary N) is 1. The van der Waals surface area contributed by atoms with Crippen LogP contribution in [0, 0.1) is 0 Å². The molecule has 24 heavy (non-hydrogen) atoms. The Labute approximate surface area is 142 Å². The van der Waals surface area contributed by atoms with E-state index in [4.69, 9.17) is 0 Å². The molecule has 0 aliphatic carbocycles. The number of H-pyrrole nitrogens is 1. The highest BCUT2D eigenvalue weighted by Gasteiger charge is 2.36. The van der Waals surface area contributed by atoms with Gasteiger partial charge in [-0.25, -0.2) is 4.98 Å². The van der Waals surface area contributed by atoms with Gasteiger partial charge in [0.25, 0.3) is 5.91 Å². The van der Waals surface area contributed by atoms with Crippen molar-refractivity contribution in [3.63, 3.8) is 0 Å². The molecule has 1 aromatic carbocycles. The average molecular weight is 328 g/mol. The smallest absolute Gasteiger partial charge is 0.272 e. The molecule has 6 heteroatoms. The molecule has 2 heterocycles. The zero-order chi connectivity index (χ0) is 17.2. The van der Waals surface area contributed by atoms with Gasteiger partial charge < -0.3 is 19.9 Å². The Bertz CT molecular complexity index is 698. The van der Waals surface area contributed by atoms with Crippen molar-refractivity contribution >= 4 is 5.91 Å². The Hall–Kier alpha value is -2.18. The van der Waals surface area contributed by atoms with Crippen LogP contribution < -0.4 is 0 Å². The third-order valence-electron chi connectivity index (χ3n) is 4.35. The number of piperidine rings is 1. The van der Waals surface area contributed by atoms with Crippen molar-refractivity contribution in [3.8, 4) is 11.3 Å². The van der Waals surface area contributed by atoms with E-state index in [1.807, 2.05) is 49.3 Å². The second kappa shape index (κ2) is 6.75. The molecule has 1 atom stereocenters. The summed E-state index contributed by atoms with van der Waals surface area (Å²) in [5.41, 5.74) is 1.19. The number of likely N-dealkylation sites (tertiary alicyclic amines) is 1. The highest BCUT2D eigenvalue weighted by molar-refractivity contribution is 5.98. The molecule has 1 aliphatic heterocycles. The Kier molecular flexibility index (Phi) is 4.69. The number of hydrogen-bond acceptors (Lipinski definition) is 4. The second-order valence-corrected chi connectivity index (χ2v) is 6.78. The molecule has 1 aliphatic rings. The average Bonchev–Trinajstić information content (AvgIpc) is 3.03. The van der Waals surface area contributed by atoms with E-state index in [1.54, 1.807) is 11.2 Å². The molecule has 1 saturated heterocycles. The predicted molar refractivity (Wildman–Crippen MR) is 92.7 cm³/mol. The summed E-state index contributed by atoms with van der Waals surface area (Å²) in [7, 11) is 3.86. The van der Waals surface area contributed by atoms with E-state index in [-0.39, 0.29) is 5.91 Å². The molecule has 3 rings (SSSR count). The molecule has 128 valence electrons. The van der Waals surface area contributed by atoms with Gasteiger partial charge in [-0.15, -0.1) is 0 Å². The zero-order valence-corrected chi connectivity index (χ0v) is 14.2. The molecule has 2 aromatic rings. The van der Waals surface area contributed by atoms with Crippen LogP contribution in [0.5, 0.6) is 0 Å². The van der Waals surface area contributed by atoms with Crippen molar-refractivity contribution in [1.82, 2.24) is 19.8 Å². The predicted octanol–water partition coefficient (Wildman–Crippen LogP) is 1.61. The number of amides is 1. The summed E-state index contributed by atoms with van der Waals surface area (Å²) in [6, 6.07) is 9.66. The first-order valence-electron chi connectivity index (χ1n) is 8.24. The van der Waals surface area contributed by atoms with E-state index in [0.717, 1.165) is 12.0 Å². The summed E-state index contributed by atoms with van der Waals surface area (Å²) < 4.78 is 0. The second-order valence-electron chi connectivity index (χ2n) is 6.78. The lowest BCUT2D eigenvalue weighted by Crippen LogP contribution is -2.54. The first-order chi connectivity index (χ1) is 11.5. The summed E-state index contributed by atoms with van der Waals surface area (Å²) in [4.78, 5) is 23.9. The summed E-state index contributed by atoms with van der Waals surface area (Å²) in [6.45, 7) is 1.55. The Morgan fingerprint density at radius 1 is 1.38 bits per heavy atom. The summed E-state index contributed by atoms with van der Waals surface area (Å²) in [5.74, 6) is -0.108.